The minimum Gasteiger partial charge on any atom is -0.319 e. The lowest BCUT2D eigenvalue weighted by molar-refractivity contribution is -0.873. The molecule has 1 aliphatic heterocycles. The second kappa shape index (κ2) is 10.9. The first-order valence-electron chi connectivity index (χ1n) is 11.1. The van der Waals surface area contributed by atoms with Gasteiger partial charge in [-0.15, -0.1) is 23.7 Å². The van der Waals surface area contributed by atoms with Gasteiger partial charge in [0.15, 0.2) is 14.6 Å². The maximum absolute atomic E-state index is 13.5. The number of piperidine rings is 1. The van der Waals surface area contributed by atoms with Gasteiger partial charge in [0.05, 0.1) is 35.9 Å². The molecule has 184 valence electrons. The van der Waals surface area contributed by atoms with Gasteiger partial charge in [0.1, 0.15) is 6.54 Å². The SMILES string of the molecule is C/N=c1\scc(C[N+]2(C(=O)CCS(=O)(=O)c3ccc4cc(Cl)ccc4c3)CCCCC2)n1C.Cl. The van der Waals surface area contributed by atoms with Gasteiger partial charge in [0.2, 0.25) is 0 Å². The molecule has 0 bridgehead atoms. The summed E-state index contributed by atoms with van der Waals surface area (Å²) in [5.41, 5.74) is 1.06. The summed E-state index contributed by atoms with van der Waals surface area (Å²) >= 11 is 7.60. The number of carbonyl (C=O) groups excluding carboxylic acids is 1. The number of fused-ring (bicyclic) bond motifs is 1. The van der Waals surface area contributed by atoms with Crippen molar-refractivity contribution in [2.45, 2.75) is 37.1 Å². The second-order valence-electron chi connectivity index (χ2n) is 8.72. The summed E-state index contributed by atoms with van der Waals surface area (Å²) < 4.78 is 28.5. The molecule has 0 aliphatic carbocycles. The third-order valence-electron chi connectivity index (χ3n) is 6.59. The molecule has 0 saturated carbocycles. The van der Waals surface area contributed by atoms with Crippen molar-refractivity contribution in [2.75, 3.05) is 25.9 Å². The smallest absolute Gasteiger partial charge is 0.315 e. The number of carbonyl (C=O) groups is 1. The van der Waals surface area contributed by atoms with Crippen molar-refractivity contribution in [3.8, 4) is 0 Å². The average molecular weight is 544 g/mol. The molecule has 3 aromatic rings. The maximum Gasteiger partial charge on any atom is 0.315 e. The van der Waals surface area contributed by atoms with Crippen LogP contribution in [0.25, 0.3) is 10.8 Å². The highest BCUT2D eigenvalue weighted by molar-refractivity contribution is 7.91. The molecule has 1 aromatic heterocycles. The molecule has 1 saturated heterocycles. The normalized spacial score (nSPS) is 16.4. The highest BCUT2D eigenvalue weighted by Gasteiger charge is 2.39. The predicted molar refractivity (Wildman–Crippen MR) is 140 cm³/mol. The van der Waals surface area contributed by atoms with Crippen molar-refractivity contribution in [3.05, 3.63) is 57.3 Å². The van der Waals surface area contributed by atoms with Gasteiger partial charge < -0.3 is 4.57 Å². The highest BCUT2D eigenvalue weighted by atomic mass is 35.5. The van der Waals surface area contributed by atoms with Crippen LogP contribution in [0.4, 0.5) is 0 Å². The van der Waals surface area contributed by atoms with Crippen molar-refractivity contribution in [1.29, 1.82) is 0 Å². The van der Waals surface area contributed by atoms with E-state index in [1.807, 2.05) is 23.7 Å². The highest BCUT2D eigenvalue weighted by Crippen LogP contribution is 2.27. The lowest BCUT2D eigenvalue weighted by Gasteiger charge is -2.39. The fraction of sp³-hybridized carbons (Fsp3) is 0.417. The Morgan fingerprint density at radius 1 is 1.12 bits per heavy atom. The number of amides is 1. The van der Waals surface area contributed by atoms with Crippen LogP contribution in [0.2, 0.25) is 5.02 Å². The van der Waals surface area contributed by atoms with Gasteiger partial charge in [0.25, 0.3) is 0 Å². The van der Waals surface area contributed by atoms with Crippen LogP contribution in [-0.4, -0.2) is 49.3 Å². The van der Waals surface area contributed by atoms with Crippen molar-refractivity contribution < 1.29 is 17.7 Å². The molecular formula is C24H30Cl2N3O3S2+. The zero-order chi connectivity index (χ0) is 23.6. The van der Waals surface area contributed by atoms with Crippen LogP contribution in [0.15, 0.2) is 51.7 Å². The molecule has 1 amide bonds. The number of quaternary nitrogens is 1. The van der Waals surface area contributed by atoms with Crippen molar-refractivity contribution in [1.82, 2.24) is 4.57 Å². The summed E-state index contributed by atoms with van der Waals surface area (Å²) in [4.78, 5) is 18.9. The Bertz CT molecular complexity index is 1360. The Kier molecular flexibility index (Phi) is 8.63. The first-order chi connectivity index (χ1) is 15.7. The Hall–Kier alpha value is -1.71. The van der Waals surface area contributed by atoms with Crippen LogP contribution in [0.5, 0.6) is 0 Å². The molecule has 1 fully saturated rings. The fourth-order valence-electron chi connectivity index (χ4n) is 4.64. The lowest BCUT2D eigenvalue weighted by Crippen LogP contribution is -2.55. The Labute approximate surface area is 215 Å². The number of aromatic nitrogens is 1. The first kappa shape index (κ1) is 26.9. The maximum atomic E-state index is 13.5. The molecule has 4 rings (SSSR count). The standard InChI is InChI=1S/C24H29ClN3O3S2.ClH/c1-26-24-27(2)21(17-32-24)16-28(11-4-3-5-12-28)23(29)10-13-33(30,31)22-9-7-18-14-20(25)8-6-19(18)15-22;/h6-9,14-15,17H,3-5,10-13,16H2,1-2H3;1H/q+1;/b26-24-;. The minimum absolute atomic E-state index is 0. The Morgan fingerprint density at radius 3 is 2.47 bits per heavy atom. The van der Waals surface area contributed by atoms with Crippen LogP contribution in [0.1, 0.15) is 31.4 Å². The fourth-order valence-corrected chi connectivity index (χ4v) is 6.93. The second-order valence-corrected chi connectivity index (χ2v) is 12.1. The van der Waals surface area contributed by atoms with Crippen molar-refractivity contribution in [2.24, 2.45) is 12.0 Å². The van der Waals surface area contributed by atoms with E-state index in [9.17, 15) is 13.2 Å². The number of sulfone groups is 1. The van der Waals surface area contributed by atoms with E-state index >= 15 is 0 Å². The van der Waals surface area contributed by atoms with E-state index in [-0.39, 0.29) is 35.4 Å². The lowest BCUT2D eigenvalue weighted by atomic mass is 10.1. The third kappa shape index (κ3) is 5.57. The number of thiazole rings is 1. The molecule has 0 spiro atoms. The minimum atomic E-state index is -3.59. The van der Waals surface area contributed by atoms with E-state index in [1.165, 1.54) is 0 Å². The molecule has 2 heterocycles. The molecule has 10 heteroatoms. The van der Waals surface area contributed by atoms with Crippen LogP contribution >= 0.6 is 35.3 Å². The zero-order valence-electron chi connectivity index (χ0n) is 19.4. The number of nitrogens with zero attached hydrogens (tertiary/aromatic N) is 3. The van der Waals surface area contributed by atoms with Gasteiger partial charge in [0, 0.05) is 24.5 Å². The van der Waals surface area contributed by atoms with Gasteiger partial charge in [-0.25, -0.2) is 13.2 Å². The summed E-state index contributed by atoms with van der Waals surface area (Å²) in [5.74, 6) is -0.178. The number of rotatable bonds is 6. The summed E-state index contributed by atoms with van der Waals surface area (Å²) in [5, 5.41) is 4.37. The molecule has 1 aliphatic rings. The molecule has 34 heavy (non-hydrogen) atoms. The number of halogens is 2. The van der Waals surface area contributed by atoms with E-state index < -0.39 is 9.84 Å². The number of hydrogen-bond donors (Lipinski definition) is 0. The summed E-state index contributed by atoms with van der Waals surface area (Å²) in [7, 11) is 0.146. The number of benzene rings is 2. The summed E-state index contributed by atoms with van der Waals surface area (Å²) in [6, 6.07) is 10.4. The van der Waals surface area contributed by atoms with Gasteiger partial charge in [-0.05, 0) is 54.3 Å². The van der Waals surface area contributed by atoms with E-state index in [2.05, 4.69) is 10.4 Å². The monoisotopic (exact) mass is 542 g/mol. The number of likely N-dealkylation sites (tertiary alicyclic amines) is 1. The van der Waals surface area contributed by atoms with E-state index in [0.29, 0.717) is 16.1 Å². The number of hydrogen-bond acceptors (Lipinski definition) is 5. The van der Waals surface area contributed by atoms with E-state index in [0.717, 1.165) is 53.6 Å². The molecule has 0 N–H and O–H groups in total. The average Bonchev–Trinajstić information content (AvgIpc) is 3.16. The van der Waals surface area contributed by atoms with Crippen LogP contribution in [0.3, 0.4) is 0 Å². The first-order valence-corrected chi connectivity index (χ1v) is 14.0. The Morgan fingerprint density at radius 2 is 1.79 bits per heavy atom. The summed E-state index contributed by atoms with van der Waals surface area (Å²) in [6.07, 6.45) is 3.08. The van der Waals surface area contributed by atoms with E-state index in [1.54, 1.807) is 42.6 Å². The molecule has 2 aromatic carbocycles. The van der Waals surface area contributed by atoms with Crippen LogP contribution in [-0.2, 0) is 28.2 Å². The molecule has 0 atom stereocenters. The van der Waals surface area contributed by atoms with Crippen LogP contribution in [0, 0.1) is 0 Å². The van der Waals surface area contributed by atoms with Gasteiger partial charge in [-0.3, -0.25) is 9.48 Å². The van der Waals surface area contributed by atoms with Crippen molar-refractivity contribution in [3.63, 3.8) is 0 Å². The topological polar surface area (TPSA) is 68.5 Å². The zero-order valence-corrected chi connectivity index (χ0v) is 22.6. The van der Waals surface area contributed by atoms with Crippen molar-refractivity contribution >= 4 is 61.9 Å². The van der Waals surface area contributed by atoms with Gasteiger partial charge in [-0.1, -0.05) is 23.7 Å². The predicted octanol–water partition coefficient (Wildman–Crippen LogP) is 4.74. The molecular weight excluding hydrogens is 513 g/mol. The molecule has 6 nitrogen and oxygen atoms in total. The Balaban J connectivity index is 0.00000324. The molecule has 0 radical (unpaired) electrons. The van der Waals surface area contributed by atoms with Gasteiger partial charge >= 0.3 is 5.91 Å². The molecule has 0 unspecified atom stereocenters. The quantitative estimate of drug-likeness (QED) is 0.422. The summed E-state index contributed by atoms with van der Waals surface area (Å²) in [6.45, 7) is 2.09. The largest absolute Gasteiger partial charge is 0.319 e. The third-order valence-corrected chi connectivity index (χ3v) is 9.60. The van der Waals surface area contributed by atoms with Crippen LogP contribution < -0.4 is 4.80 Å². The van der Waals surface area contributed by atoms with Gasteiger partial charge in [-0.2, -0.15) is 0 Å². The van der Waals surface area contributed by atoms with E-state index in [4.69, 9.17) is 11.6 Å².